The lowest BCUT2D eigenvalue weighted by Gasteiger charge is -2.20. The van der Waals surface area contributed by atoms with Crippen LogP contribution in [-0.4, -0.2) is 24.0 Å². The Morgan fingerprint density at radius 3 is 2.50 bits per heavy atom. The second-order valence-corrected chi connectivity index (χ2v) is 5.17. The molecule has 7 heteroatoms. The van der Waals surface area contributed by atoms with E-state index in [-0.39, 0.29) is 10.4 Å². The minimum absolute atomic E-state index is 0.0133. The molecule has 0 aliphatic carbocycles. The maximum Gasteiger partial charge on any atom is 0.417 e. The van der Waals surface area contributed by atoms with Gasteiger partial charge < -0.3 is 4.90 Å². The lowest BCUT2D eigenvalue weighted by molar-refractivity contribution is -0.137. The van der Waals surface area contributed by atoms with Crippen LogP contribution in [-0.2, 0) is 6.18 Å². The first-order valence-electron chi connectivity index (χ1n) is 5.29. The number of anilines is 1. The lowest BCUT2D eigenvalue weighted by Crippen LogP contribution is -2.22. The molecule has 1 aromatic rings. The van der Waals surface area contributed by atoms with E-state index < -0.39 is 11.7 Å². The molecule has 0 N–H and O–H groups in total. The number of hydrogen-bond donors (Lipinski definition) is 0. The van der Waals surface area contributed by atoms with Crippen LogP contribution in [0, 0.1) is 0 Å². The summed E-state index contributed by atoms with van der Waals surface area (Å²) in [6, 6.07) is 0.879. The van der Waals surface area contributed by atoms with Crippen molar-refractivity contribution < 1.29 is 13.2 Å². The number of alkyl halides is 4. The first kappa shape index (κ1) is 15.4. The van der Waals surface area contributed by atoms with E-state index in [0.717, 1.165) is 12.3 Å². The van der Waals surface area contributed by atoms with Gasteiger partial charge in [-0.2, -0.15) is 13.2 Å². The summed E-state index contributed by atoms with van der Waals surface area (Å²) in [6.07, 6.45) is -2.96. The van der Waals surface area contributed by atoms with Crippen LogP contribution in [0.1, 0.15) is 18.9 Å². The Morgan fingerprint density at radius 2 is 2.06 bits per heavy atom. The standard InChI is InChI=1S/C11H13Cl2F3N2/c1-7(12)3-4-18(2)10-9(13)5-8(6-17-10)11(14,15)16/h5-7H,3-4H2,1-2H3. The van der Waals surface area contributed by atoms with Gasteiger partial charge in [0.2, 0.25) is 0 Å². The van der Waals surface area contributed by atoms with Crippen LogP contribution >= 0.6 is 23.2 Å². The maximum atomic E-state index is 12.4. The molecule has 0 fully saturated rings. The average Bonchev–Trinajstić information content (AvgIpc) is 2.24. The van der Waals surface area contributed by atoms with E-state index in [1.807, 2.05) is 6.92 Å². The molecular formula is C11H13Cl2F3N2. The average molecular weight is 301 g/mol. The van der Waals surface area contributed by atoms with E-state index in [1.165, 1.54) is 0 Å². The number of pyridine rings is 1. The molecule has 1 atom stereocenters. The summed E-state index contributed by atoms with van der Waals surface area (Å²) < 4.78 is 37.3. The molecule has 0 amide bonds. The number of hydrogen-bond acceptors (Lipinski definition) is 2. The minimum Gasteiger partial charge on any atom is -0.358 e. The highest BCUT2D eigenvalue weighted by atomic mass is 35.5. The van der Waals surface area contributed by atoms with Crippen molar-refractivity contribution in [3.8, 4) is 0 Å². The number of rotatable bonds is 4. The third-order valence-electron chi connectivity index (χ3n) is 2.37. The SMILES string of the molecule is CC(Cl)CCN(C)c1ncc(C(F)(F)F)cc1Cl. The third-order valence-corrected chi connectivity index (χ3v) is 2.87. The first-order chi connectivity index (χ1) is 8.21. The number of aromatic nitrogens is 1. The zero-order valence-electron chi connectivity index (χ0n) is 9.93. The molecule has 102 valence electrons. The van der Waals surface area contributed by atoms with Crippen LogP contribution < -0.4 is 4.90 Å². The van der Waals surface area contributed by atoms with E-state index in [2.05, 4.69) is 4.98 Å². The van der Waals surface area contributed by atoms with E-state index in [9.17, 15) is 13.2 Å². The molecule has 0 radical (unpaired) electrons. The zero-order chi connectivity index (χ0) is 13.9. The van der Waals surface area contributed by atoms with Crippen molar-refractivity contribution in [2.24, 2.45) is 0 Å². The minimum atomic E-state index is -4.43. The van der Waals surface area contributed by atoms with Crippen molar-refractivity contribution >= 4 is 29.0 Å². The maximum absolute atomic E-state index is 12.4. The largest absolute Gasteiger partial charge is 0.417 e. The van der Waals surface area contributed by atoms with E-state index in [4.69, 9.17) is 23.2 Å². The zero-order valence-corrected chi connectivity index (χ0v) is 11.4. The van der Waals surface area contributed by atoms with Crippen LogP contribution in [0.4, 0.5) is 19.0 Å². The van der Waals surface area contributed by atoms with Gasteiger partial charge in [0, 0.05) is 25.2 Å². The van der Waals surface area contributed by atoms with Crippen molar-refractivity contribution in [3.63, 3.8) is 0 Å². The van der Waals surface area contributed by atoms with Gasteiger partial charge in [-0.1, -0.05) is 11.6 Å². The van der Waals surface area contributed by atoms with Gasteiger partial charge in [-0.3, -0.25) is 0 Å². The van der Waals surface area contributed by atoms with Gasteiger partial charge in [0.1, 0.15) is 5.82 Å². The summed E-state index contributed by atoms with van der Waals surface area (Å²) in [5, 5.41) is -0.0322. The highest BCUT2D eigenvalue weighted by Gasteiger charge is 2.31. The summed E-state index contributed by atoms with van der Waals surface area (Å²) in [4.78, 5) is 5.44. The van der Waals surface area contributed by atoms with Crippen molar-refractivity contribution in [1.82, 2.24) is 4.98 Å². The lowest BCUT2D eigenvalue weighted by atomic mass is 10.2. The summed E-state index contributed by atoms with van der Waals surface area (Å²) in [6.45, 7) is 2.42. The molecule has 1 heterocycles. The summed E-state index contributed by atoms with van der Waals surface area (Å²) in [5.41, 5.74) is -0.852. The Kier molecular flexibility index (Phi) is 5.10. The topological polar surface area (TPSA) is 16.1 Å². The molecule has 0 aliphatic rings. The molecule has 1 rings (SSSR count). The molecule has 0 spiro atoms. The van der Waals surface area contributed by atoms with Crippen molar-refractivity contribution in [1.29, 1.82) is 0 Å². The van der Waals surface area contributed by atoms with Gasteiger partial charge in [-0.25, -0.2) is 4.98 Å². The van der Waals surface area contributed by atoms with Gasteiger partial charge >= 0.3 is 6.18 Å². The predicted molar refractivity (Wildman–Crippen MR) is 67.5 cm³/mol. The fourth-order valence-electron chi connectivity index (χ4n) is 1.34. The van der Waals surface area contributed by atoms with Crippen molar-refractivity contribution in [3.05, 3.63) is 22.8 Å². The molecule has 0 saturated carbocycles. The Bertz CT molecular complexity index is 408. The Morgan fingerprint density at radius 1 is 1.44 bits per heavy atom. The quantitative estimate of drug-likeness (QED) is 0.775. The third kappa shape index (κ3) is 4.21. The summed E-state index contributed by atoms with van der Waals surface area (Å²) in [7, 11) is 1.71. The van der Waals surface area contributed by atoms with E-state index >= 15 is 0 Å². The van der Waals surface area contributed by atoms with Crippen LogP contribution in [0.2, 0.25) is 5.02 Å². The first-order valence-corrected chi connectivity index (χ1v) is 6.11. The molecule has 0 bridgehead atoms. The van der Waals surface area contributed by atoms with Crippen LogP contribution in [0.15, 0.2) is 12.3 Å². The highest BCUT2D eigenvalue weighted by Crippen LogP contribution is 2.33. The monoisotopic (exact) mass is 300 g/mol. The summed E-state index contributed by atoms with van der Waals surface area (Å²) >= 11 is 11.6. The second-order valence-electron chi connectivity index (χ2n) is 4.02. The van der Waals surface area contributed by atoms with Gasteiger partial charge in [-0.05, 0) is 19.4 Å². The Balaban J connectivity index is 2.85. The van der Waals surface area contributed by atoms with Crippen LogP contribution in [0.3, 0.4) is 0 Å². The molecule has 1 unspecified atom stereocenters. The molecule has 0 aromatic carbocycles. The molecule has 0 aliphatic heterocycles. The molecule has 0 saturated heterocycles. The number of nitrogens with zero attached hydrogens (tertiary/aromatic N) is 2. The van der Waals surface area contributed by atoms with E-state index in [1.54, 1.807) is 11.9 Å². The second kappa shape index (κ2) is 5.97. The van der Waals surface area contributed by atoms with E-state index in [0.29, 0.717) is 18.8 Å². The normalized spacial score (nSPS) is 13.5. The molecular weight excluding hydrogens is 288 g/mol. The Labute approximate surface area is 114 Å². The van der Waals surface area contributed by atoms with Crippen molar-refractivity contribution in [2.75, 3.05) is 18.5 Å². The fourth-order valence-corrected chi connectivity index (χ4v) is 1.75. The Hall–Kier alpha value is -0.680. The molecule has 1 aromatic heterocycles. The van der Waals surface area contributed by atoms with Gasteiger partial charge in [0.05, 0.1) is 10.6 Å². The molecule has 2 nitrogen and oxygen atoms in total. The predicted octanol–water partition coefficient (Wildman–Crippen LogP) is 4.21. The van der Waals surface area contributed by atoms with Gasteiger partial charge in [0.15, 0.2) is 0 Å². The van der Waals surface area contributed by atoms with Gasteiger partial charge in [-0.15, -0.1) is 11.6 Å². The summed E-state index contributed by atoms with van der Waals surface area (Å²) in [5.74, 6) is 0.321. The van der Waals surface area contributed by atoms with Crippen LogP contribution in [0.25, 0.3) is 0 Å². The number of halogens is 5. The van der Waals surface area contributed by atoms with Gasteiger partial charge in [0.25, 0.3) is 0 Å². The van der Waals surface area contributed by atoms with Crippen LogP contribution in [0.5, 0.6) is 0 Å². The smallest absolute Gasteiger partial charge is 0.358 e. The van der Waals surface area contributed by atoms with Crippen molar-refractivity contribution in [2.45, 2.75) is 24.9 Å². The fraction of sp³-hybridized carbons (Fsp3) is 0.545. The molecule has 18 heavy (non-hydrogen) atoms. The highest BCUT2D eigenvalue weighted by molar-refractivity contribution is 6.33.